The molecule has 1 N–H and O–H groups in total. The van der Waals surface area contributed by atoms with Crippen molar-refractivity contribution in [1.29, 1.82) is 0 Å². The highest BCUT2D eigenvalue weighted by molar-refractivity contribution is 6.01. The van der Waals surface area contributed by atoms with E-state index in [9.17, 15) is 24.3 Å². The van der Waals surface area contributed by atoms with E-state index in [0.29, 0.717) is 5.57 Å². The van der Waals surface area contributed by atoms with Crippen LogP contribution in [0.5, 0.6) is 0 Å². The van der Waals surface area contributed by atoms with Crippen molar-refractivity contribution in [2.75, 3.05) is 6.61 Å². The Morgan fingerprint density at radius 1 is 1.18 bits per heavy atom. The molecule has 4 aliphatic carbocycles. The predicted molar refractivity (Wildman–Crippen MR) is 114 cm³/mol. The van der Waals surface area contributed by atoms with Gasteiger partial charge in [-0.15, -0.1) is 0 Å². The second-order valence-corrected chi connectivity index (χ2v) is 10.8. The molecule has 1 aliphatic heterocycles. The number of ketones is 2. The molecule has 9 heteroatoms. The number of ether oxygens (including phenoxy) is 3. The summed E-state index contributed by atoms with van der Waals surface area (Å²) in [5.74, 6) is -3.14. The summed E-state index contributed by atoms with van der Waals surface area (Å²) >= 11 is 0. The molecule has 0 radical (unpaired) electrons. The van der Waals surface area contributed by atoms with Crippen molar-refractivity contribution in [3.8, 4) is 0 Å². The average molecular weight is 476 g/mol. The molecule has 1 heterocycles. The molecule has 184 valence electrons. The molecule has 4 fully saturated rings. The van der Waals surface area contributed by atoms with E-state index in [0.717, 1.165) is 6.92 Å². The summed E-state index contributed by atoms with van der Waals surface area (Å²) in [6, 6.07) is 0. The number of rotatable bonds is 4. The molecular weight excluding hydrogens is 447 g/mol. The molecule has 8 nitrogen and oxygen atoms in total. The Labute approximate surface area is 196 Å². The lowest BCUT2D eigenvalue weighted by Gasteiger charge is -2.55. The molecule has 5 aliphatic rings. The summed E-state index contributed by atoms with van der Waals surface area (Å²) < 4.78 is 32.2. The summed E-state index contributed by atoms with van der Waals surface area (Å²) in [6.07, 6.45) is 2.07. The third kappa shape index (κ3) is 2.71. The van der Waals surface area contributed by atoms with Gasteiger partial charge in [0.25, 0.3) is 0 Å². The van der Waals surface area contributed by atoms with Gasteiger partial charge >= 0.3 is 11.9 Å². The molecule has 1 spiro atoms. The lowest BCUT2D eigenvalue weighted by atomic mass is 9.46. The second-order valence-electron chi connectivity index (χ2n) is 10.8. The molecule has 0 bridgehead atoms. The number of aliphatic hydroxyl groups is 1. The first-order valence-corrected chi connectivity index (χ1v) is 11.6. The maximum absolute atomic E-state index is 15.6. The average Bonchev–Trinajstić information content (AvgIpc) is 3.43. The highest BCUT2D eigenvalue weighted by Crippen LogP contribution is 2.76. The molecule has 34 heavy (non-hydrogen) atoms. The molecule has 0 aromatic carbocycles. The Bertz CT molecular complexity index is 1070. The van der Waals surface area contributed by atoms with Crippen LogP contribution >= 0.6 is 0 Å². The van der Waals surface area contributed by atoms with E-state index in [-0.39, 0.29) is 37.1 Å². The number of alkyl halides is 1. The van der Waals surface area contributed by atoms with Gasteiger partial charge in [-0.1, -0.05) is 13.0 Å². The Kier molecular flexibility index (Phi) is 4.86. The van der Waals surface area contributed by atoms with Crippen LogP contribution in [0.25, 0.3) is 0 Å². The highest BCUT2D eigenvalue weighted by atomic mass is 19.1. The van der Waals surface area contributed by atoms with E-state index in [1.54, 1.807) is 13.0 Å². The Morgan fingerprint density at radius 3 is 2.53 bits per heavy atom. The van der Waals surface area contributed by atoms with E-state index in [1.807, 2.05) is 6.92 Å². The molecule has 5 rings (SSSR count). The highest BCUT2D eigenvalue weighted by Gasteiger charge is 2.83. The monoisotopic (exact) mass is 476 g/mol. The maximum Gasteiger partial charge on any atom is 0.303 e. The van der Waals surface area contributed by atoms with Gasteiger partial charge in [-0.2, -0.15) is 0 Å². The smallest absolute Gasteiger partial charge is 0.303 e. The van der Waals surface area contributed by atoms with Crippen LogP contribution in [0.2, 0.25) is 0 Å². The van der Waals surface area contributed by atoms with Crippen LogP contribution in [-0.2, 0) is 33.4 Å². The number of Topliss-reactive ketones (excluding diaryl/α,β-unsaturated/α-hetero) is 1. The van der Waals surface area contributed by atoms with Crippen molar-refractivity contribution < 1.29 is 42.9 Å². The van der Waals surface area contributed by atoms with Gasteiger partial charge < -0.3 is 19.3 Å². The quantitative estimate of drug-likeness (QED) is 0.482. The van der Waals surface area contributed by atoms with Crippen molar-refractivity contribution in [3.63, 3.8) is 0 Å². The fourth-order valence-electron chi connectivity index (χ4n) is 7.74. The minimum absolute atomic E-state index is 0.0697. The molecule has 9 atom stereocenters. The number of hydrogen-bond donors (Lipinski definition) is 1. The van der Waals surface area contributed by atoms with Gasteiger partial charge in [-0.25, -0.2) is 4.39 Å². The first kappa shape index (κ1) is 23.4. The van der Waals surface area contributed by atoms with Crippen molar-refractivity contribution >= 4 is 23.5 Å². The summed E-state index contributed by atoms with van der Waals surface area (Å²) in [6.45, 7) is 5.32. The summed E-state index contributed by atoms with van der Waals surface area (Å²) in [5, 5.41) is 11.9. The fraction of sp³-hybridized carbons (Fsp3) is 0.680. The second kappa shape index (κ2) is 7.07. The van der Waals surface area contributed by atoms with Crippen LogP contribution in [0.3, 0.4) is 0 Å². The SMILES string of the molecule is CC(=O)OCC(=O)[C@@]1(O)[C@H](OC(C)=O)CC2C3C[C@H](F)C4=CC(=O)C=C[C@]4(C)[C@@]34O[C@H]4C[C@@]21C. The Morgan fingerprint density at radius 2 is 1.88 bits per heavy atom. The summed E-state index contributed by atoms with van der Waals surface area (Å²) in [4.78, 5) is 48.5. The van der Waals surface area contributed by atoms with Crippen LogP contribution in [0.4, 0.5) is 4.39 Å². The third-order valence-electron chi connectivity index (χ3n) is 9.26. The summed E-state index contributed by atoms with van der Waals surface area (Å²) in [5.41, 5.74) is -4.44. The third-order valence-corrected chi connectivity index (χ3v) is 9.26. The molecule has 1 saturated heterocycles. The van der Waals surface area contributed by atoms with Gasteiger partial charge in [0.15, 0.2) is 18.0 Å². The Hall–Kier alpha value is -2.39. The van der Waals surface area contributed by atoms with Gasteiger partial charge in [0.05, 0.1) is 6.10 Å². The first-order chi connectivity index (χ1) is 15.8. The molecule has 0 amide bonds. The van der Waals surface area contributed by atoms with Gasteiger partial charge in [0.2, 0.25) is 5.78 Å². The first-order valence-electron chi connectivity index (χ1n) is 11.6. The number of epoxide rings is 1. The van der Waals surface area contributed by atoms with Crippen molar-refractivity contribution in [2.24, 2.45) is 22.7 Å². The lowest BCUT2D eigenvalue weighted by Crippen LogP contribution is -2.64. The standard InChI is InChI=1S/C25H29FO8/c1-12(27)32-11-19(30)24(31)20(33-13(2)28)9-15-16-8-18(26)17-7-14(29)5-6-22(17,3)25(16)21(34-25)10-23(15,24)4/h5-7,15-16,18,20-21,31H,8-11H2,1-4H3/t15?,16?,18-,20+,21-,22-,23-,24+,25+/m0/s1. The molecule has 2 unspecified atom stereocenters. The number of fused-ring (bicyclic) bond motifs is 3. The number of carbonyl (C=O) groups excluding carboxylic acids is 4. The van der Waals surface area contributed by atoms with Crippen LogP contribution in [0.1, 0.15) is 47.0 Å². The van der Waals surface area contributed by atoms with E-state index >= 15 is 4.39 Å². The number of carbonyl (C=O) groups is 4. The fourth-order valence-corrected chi connectivity index (χ4v) is 7.74. The zero-order chi connectivity index (χ0) is 24.8. The van der Waals surface area contributed by atoms with E-state index in [2.05, 4.69) is 0 Å². The number of hydrogen-bond acceptors (Lipinski definition) is 8. The number of halogens is 1. The number of allylic oxidation sites excluding steroid dienone is 2. The van der Waals surface area contributed by atoms with Crippen LogP contribution < -0.4 is 0 Å². The minimum atomic E-state index is -2.13. The zero-order valence-corrected chi connectivity index (χ0v) is 19.6. The molecular formula is C25H29FO8. The van der Waals surface area contributed by atoms with Gasteiger partial charge in [-0.3, -0.25) is 19.2 Å². The van der Waals surface area contributed by atoms with Crippen molar-refractivity contribution in [2.45, 2.75) is 76.5 Å². The largest absolute Gasteiger partial charge is 0.459 e. The van der Waals surface area contributed by atoms with Crippen molar-refractivity contribution in [1.82, 2.24) is 0 Å². The maximum atomic E-state index is 15.6. The normalized spacial score (nSPS) is 48.0. The van der Waals surface area contributed by atoms with E-state index in [4.69, 9.17) is 14.2 Å². The summed E-state index contributed by atoms with van der Waals surface area (Å²) in [7, 11) is 0. The lowest BCUT2D eigenvalue weighted by molar-refractivity contribution is -0.187. The van der Waals surface area contributed by atoms with E-state index in [1.165, 1.54) is 19.1 Å². The molecule has 3 saturated carbocycles. The van der Waals surface area contributed by atoms with Gasteiger partial charge in [0, 0.05) is 24.7 Å². The van der Waals surface area contributed by atoms with E-state index < -0.39 is 64.6 Å². The number of esters is 2. The minimum Gasteiger partial charge on any atom is -0.459 e. The van der Waals surface area contributed by atoms with Gasteiger partial charge in [0.1, 0.15) is 17.9 Å². The topological polar surface area (TPSA) is 120 Å². The van der Waals surface area contributed by atoms with Crippen LogP contribution in [0.15, 0.2) is 23.8 Å². The van der Waals surface area contributed by atoms with Crippen LogP contribution in [-0.4, -0.2) is 64.8 Å². The zero-order valence-electron chi connectivity index (χ0n) is 19.6. The predicted octanol–water partition coefficient (Wildman–Crippen LogP) is 1.78. The van der Waals surface area contributed by atoms with Gasteiger partial charge in [-0.05, 0) is 55.7 Å². The Balaban J connectivity index is 1.58. The van der Waals surface area contributed by atoms with Crippen molar-refractivity contribution in [3.05, 3.63) is 23.8 Å². The molecule has 0 aromatic heterocycles. The molecule has 0 aromatic rings. The van der Waals surface area contributed by atoms with Crippen LogP contribution in [0, 0.1) is 22.7 Å².